The van der Waals surface area contributed by atoms with Gasteiger partial charge in [0.05, 0.1) is 13.2 Å². The van der Waals surface area contributed by atoms with Gasteiger partial charge in [-0.05, 0) is 73.9 Å². The summed E-state index contributed by atoms with van der Waals surface area (Å²) in [6, 6.07) is 16.9. The molecular weight excluding hydrogens is 440 g/mol. The van der Waals surface area contributed by atoms with Gasteiger partial charge >= 0.3 is 0 Å². The Kier molecular flexibility index (Phi) is 17.1. The zero-order chi connectivity index (χ0) is 25.5. The van der Waals surface area contributed by atoms with E-state index in [2.05, 4.69) is 61.7 Å². The first-order valence-corrected chi connectivity index (χ1v) is 14.5. The fourth-order valence-electron chi connectivity index (χ4n) is 4.42. The fraction of sp³-hybridized carbons (Fsp3) is 0.529. The van der Waals surface area contributed by atoms with Crippen LogP contribution in [-0.4, -0.2) is 13.2 Å². The largest absolute Gasteiger partial charge is 0.494 e. The zero-order valence-electron chi connectivity index (χ0n) is 22.7. The summed E-state index contributed by atoms with van der Waals surface area (Å²) in [5.74, 6) is 1.92. The molecule has 198 valence electrons. The number of hydrogen-bond donors (Lipinski definition) is 0. The van der Waals surface area contributed by atoms with Crippen molar-refractivity contribution in [3.05, 3.63) is 73.8 Å². The molecule has 0 aliphatic rings. The second kappa shape index (κ2) is 20.7. The normalized spacial score (nSPS) is 10.8. The molecule has 2 aromatic carbocycles. The van der Waals surface area contributed by atoms with E-state index in [0.29, 0.717) is 0 Å². The van der Waals surface area contributed by atoms with Crippen LogP contribution in [0.5, 0.6) is 11.5 Å². The van der Waals surface area contributed by atoms with E-state index in [9.17, 15) is 0 Å². The maximum absolute atomic E-state index is 5.94. The van der Waals surface area contributed by atoms with Gasteiger partial charge in [-0.3, -0.25) is 0 Å². The second-order valence-corrected chi connectivity index (χ2v) is 9.85. The van der Waals surface area contributed by atoms with Gasteiger partial charge in [-0.1, -0.05) is 101 Å². The minimum Gasteiger partial charge on any atom is -0.494 e. The number of unbranched alkanes of at least 4 members (excludes halogenated alkanes) is 14. The van der Waals surface area contributed by atoms with Crippen LogP contribution < -0.4 is 9.47 Å². The van der Waals surface area contributed by atoms with Crippen LogP contribution in [0, 0.1) is 0 Å². The van der Waals surface area contributed by atoms with E-state index in [-0.39, 0.29) is 0 Å². The summed E-state index contributed by atoms with van der Waals surface area (Å²) in [5, 5.41) is 0. The summed E-state index contributed by atoms with van der Waals surface area (Å²) >= 11 is 0. The third kappa shape index (κ3) is 14.2. The number of benzene rings is 2. The molecule has 0 aromatic heterocycles. The molecule has 2 aromatic rings. The molecule has 2 heteroatoms. The van der Waals surface area contributed by atoms with Crippen LogP contribution in [0.15, 0.2) is 73.8 Å². The van der Waals surface area contributed by atoms with Gasteiger partial charge in [0, 0.05) is 0 Å². The Hall–Kier alpha value is -2.48. The van der Waals surface area contributed by atoms with Crippen molar-refractivity contribution in [2.45, 2.75) is 103 Å². The summed E-state index contributed by atoms with van der Waals surface area (Å²) < 4.78 is 11.9. The zero-order valence-corrected chi connectivity index (χ0v) is 22.7. The van der Waals surface area contributed by atoms with E-state index in [1.807, 2.05) is 12.2 Å². The maximum atomic E-state index is 5.94. The van der Waals surface area contributed by atoms with Crippen LogP contribution in [0.1, 0.15) is 103 Å². The molecule has 36 heavy (non-hydrogen) atoms. The first kappa shape index (κ1) is 29.7. The third-order valence-corrected chi connectivity index (χ3v) is 6.68. The number of ether oxygens (including phenoxy) is 2. The van der Waals surface area contributed by atoms with Gasteiger partial charge in [-0.2, -0.15) is 0 Å². The Morgan fingerprint density at radius 3 is 1.06 bits per heavy atom. The molecule has 0 fully saturated rings. The smallest absolute Gasteiger partial charge is 0.119 e. The second-order valence-electron chi connectivity index (χ2n) is 9.85. The molecule has 0 saturated heterocycles. The molecule has 0 saturated carbocycles. The highest BCUT2D eigenvalue weighted by molar-refractivity contribution is 5.64. The van der Waals surface area contributed by atoms with Crippen molar-refractivity contribution >= 4 is 0 Å². The Labute approximate surface area is 221 Å². The summed E-state index contributed by atoms with van der Waals surface area (Å²) in [7, 11) is 0. The van der Waals surface area contributed by atoms with Crippen molar-refractivity contribution in [2.75, 3.05) is 13.2 Å². The van der Waals surface area contributed by atoms with E-state index in [1.54, 1.807) is 0 Å². The minimum absolute atomic E-state index is 0.803. The van der Waals surface area contributed by atoms with Crippen molar-refractivity contribution < 1.29 is 9.47 Å². The monoisotopic (exact) mass is 490 g/mol. The highest BCUT2D eigenvalue weighted by Gasteiger charge is 2.01. The minimum atomic E-state index is 0.803. The molecule has 0 N–H and O–H groups in total. The first-order valence-electron chi connectivity index (χ1n) is 14.5. The number of hydrogen-bond acceptors (Lipinski definition) is 2. The topological polar surface area (TPSA) is 18.5 Å². The summed E-state index contributed by atoms with van der Waals surface area (Å²) in [5.41, 5.74) is 2.41. The maximum Gasteiger partial charge on any atom is 0.119 e. The Morgan fingerprint density at radius 1 is 0.417 bits per heavy atom. The molecule has 0 heterocycles. The van der Waals surface area contributed by atoms with E-state index in [0.717, 1.165) is 50.4 Å². The highest BCUT2D eigenvalue weighted by atomic mass is 16.5. The lowest BCUT2D eigenvalue weighted by Crippen LogP contribution is -1.97. The van der Waals surface area contributed by atoms with Crippen LogP contribution >= 0.6 is 0 Å². The van der Waals surface area contributed by atoms with E-state index < -0.39 is 0 Å². The number of rotatable bonds is 23. The van der Waals surface area contributed by atoms with Crippen molar-refractivity contribution in [2.24, 2.45) is 0 Å². The van der Waals surface area contributed by atoms with Crippen molar-refractivity contribution in [1.29, 1.82) is 0 Å². The lowest BCUT2D eigenvalue weighted by molar-refractivity contribution is 0.304. The Balaban J connectivity index is 1.54. The molecular formula is C34H50O2. The Bertz CT molecular complexity index is 721. The van der Waals surface area contributed by atoms with Crippen molar-refractivity contribution in [3.63, 3.8) is 0 Å². The lowest BCUT2D eigenvalue weighted by atomic mass is 10.1. The van der Waals surface area contributed by atoms with Gasteiger partial charge in [0.2, 0.25) is 0 Å². The molecule has 2 nitrogen and oxygen atoms in total. The standard InChI is InChI=1S/C34H50O2/c1-3-5-7-9-11-13-15-17-19-29-35-33-25-21-31(22-26-33)32-23-27-34(28-24-32)36-30-20-18-16-14-12-10-8-6-4-2/h3-4,21-28H,1-2,5-20,29-30H2. The van der Waals surface area contributed by atoms with Gasteiger partial charge in [0.1, 0.15) is 11.5 Å². The third-order valence-electron chi connectivity index (χ3n) is 6.68. The summed E-state index contributed by atoms with van der Waals surface area (Å²) in [6.45, 7) is 9.17. The van der Waals surface area contributed by atoms with Crippen molar-refractivity contribution in [3.8, 4) is 22.6 Å². The molecule has 0 spiro atoms. The molecule has 0 bridgehead atoms. The van der Waals surface area contributed by atoms with Gasteiger partial charge in [0.15, 0.2) is 0 Å². The van der Waals surface area contributed by atoms with Gasteiger partial charge in [0.25, 0.3) is 0 Å². The van der Waals surface area contributed by atoms with Crippen LogP contribution in [0.3, 0.4) is 0 Å². The molecule has 0 atom stereocenters. The molecule has 0 aliphatic heterocycles. The van der Waals surface area contributed by atoms with Gasteiger partial charge < -0.3 is 9.47 Å². The van der Waals surface area contributed by atoms with Crippen LogP contribution in [0.25, 0.3) is 11.1 Å². The average molecular weight is 491 g/mol. The molecule has 0 unspecified atom stereocenters. The predicted octanol–water partition coefficient (Wildman–Crippen LogP) is 10.7. The van der Waals surface area contributed by atoms with Crippen LogP contribution in [-0.2, 0) is 0 Å². The molecule has 0 radical (unpaired) electrons. The van der Waals surface area contributed by atoms with E-state index in [4.69, 9.17) is 9.47 Å². The van der Waals surface area contributed by atoms with Crippen LogP contribution in [0.4, 0.5) is 0 Å². The lowest BCUT2D eigenvalue weighted by Gasteiger charge is -2.09. The fourth-order valence-corrected chi connectivity index (χ4v) is 4.42. The predicted molar refractivity (Wildman–Crippen MR) is 157 cm³/mol. The summed E-state index contributed by atoms with van der Waals surface area (Å²) in [6.07, 6.45) is 24.4. The van der Waals surface area contributed by atoms with Crippen molar-refractivity contribution in [1.82, 2.24) is 0 Å². The average Bonchev–Trinajstić information content (AvgIpc) is 2.91. The van der Waals surface area contributed by atoms with Gasteiger partial charge in [-0.15, -0.1) is 13.2 Å². The SMILES string of the molecule is C=CCCCCCCCCCOc1ccc(-c2ccc(OCCCCCCCCCC=C)cc2)cc1. The quantitative estimate of drug-likeness (QED) is 0.114. The first-order chi connectivity index (χ1) is 17.8. The highest BCUT2D eigenvalue weighted by Crippen LogP contribution is 2.25. The van der Waals surface area contributed by atoms with E-state index >= 15 is 0 Å². The number of allylic oxidation sites excluding steroid dienone is 2. The molecule has 2 rings (SSSR count). The van der Waals surface area contributed by atoms with E-state index in [1.165, 1.54) is 88.2 Å². The molecule has 0 amide bonds. The summed E-state index contributed by atoms with van der Waals surface area (Å²) in [4.78, 5) is 0. The van der Waals surface area contributed by atoms with Gasteiger partial charge in [-0.25, -0.2) is 0 Å². The van der Waals surface area contributed by atoms with Crippen LogP contribution in [0.2, 0.25) is 0 Å². The Morgan fingerprint density at radius 2 is 0.722 bits per heavy atom. The molecule has 0 aliphatic carbocycles.